The van der Waals surface area contributed by atoms with Gasteiger partial charge in [-0.2, -0.15) is 0 Å². The molecule has 2 aromatic rings. The first-order valence-corrected chi connectivity index (χ1v) is 9.11. The van der Waals surface area contributed by atoms with Crippen LogP contribution in [-0.2, 0) is 4.79 Å². The van der Waals surface area contributed by atoms with Crippen LogP contribution in [-0.4, -0.2) is 41.0 Å². The molecule has 2 aromatic carbocycles. The number of likely N-dealkylation sites (tertiary alicyclic amines) is 1. The number of rotatable bonds is 6. The van der Waals surface area contributed by atoms with Gasteiger partial charge in [0.1, 0.15) is 5.82 Å². The number of nitrogens with one attached hydrogen (secondary N) is 1. The van der Waals surface area contributed by atoms with E-state index in [1.165, 1.54) is 18.2 Å². The van der Waals surface area contributed by atoms with E-state index in [4.69, 9.17) is 0 Å². The number of amides is 2. The van der Waals surface area contributed by atoms with E-state index >= 15 is 0 Å². The highest BCUT2D eigenvalue weighted by molar-refractivity contribution is 5.96. The molecule has 1 saturated heterocycles. The maximum Gasteiger partial charge on any atom is 0.251 e. The van der Waals surface area contributed by atoms with E-state index in [1.54, 1.807) is 4.90 Å². The molecule has 5 nitrogen and oxygen atoms in total. The smallest absolute Gasteiger partial charge is 0.251 e. The molecule has 1 aliphatic heterocycles. The Labute approximate surface area is 157 Å². The van der Waals surface area contributed by atoms with Crippen LogP contribution in [0.3, 0.4) is 0 Å². The van der Waals surface area contributed by atoms with E-state index in [0.717, 1.165) is 24.5 Å². The third-order valence-corrected chi connectivity index (χ3v) is 4.86. The minimum absolute atomic E-state index is 0.0567. The van der Waals surface area contributed by atoms with Crippen LogP contribution in [0, 0.1) is 5.82 Å². The zero-order valence-corrected chi connectivity index (χ0v) is 15.0. The van der Waals surface area contributed by atoms with Gasteiger partial charge >= 0.3 is 0 Å². The second-order valence-electron chi connectivity index (χ2n) is 6.74. The molecule has 0 saturated carbocycles. The molecule has 27 heavy (non-hydrogen) atoms. The fourth-order valence-corrected chi connectivity index (χ4v) is 3.47. The van der Waals surface area contributed by atoms with Gasteiger partial charge in [-0.3, -0.25) is 9.59 Å². The summed E-state index contributed by atoms with van der Waals surface area (Å²) in [6, 6.07) is 14.7. The minimum Gasteiger partial charge on any atom is -0.388 e. The van der Waals surface area contributed by atoms with Gasteiger partial charge in [0.05, 0.1) is 12.6 Å². The Morgan fingerprint density at radius 3 is 2.70 bits per heavy atom. The summed E-state index contributed by atoms with van der Waals surface area (Å²) in [4.78, 5) is 26.3. The number of benzene rings is 2. The van der Waals surface area contributed by atoms with Crippen molar-refractivity contribution in [1.82, 2.24) is 10.2 Å². The van der Waals surface area contributed by atoms with E-state index in [-0.39, 0.29) is 24.1 Å². The van der Waals surface area contributed by atoms with Crippen molar-refractivity contribution >= 4 is 11.8 Å². The molecule has 1 aliphatic rings. The summed E-state index contributed by atoms with van der Waals surface area (Å²) >= 11 is 0. The predicted octanol–water partition coefficient (Wildman–Crippen LogP) is 2.67. The van der Waals surface area contributed by atoms with Crippen LogP contribution in [0.25, 0.3) is 0 Å². The highest BCUT2D eigenvalue weighted by atomic mass is 19.1. The van der Waals surface area contributed by atoms with E-state index in [1.807, 2.05) is 30.3 Å². The minimum atomic E-state index is -0.633. The summed E-state index contributed by atoms with van der Waals surface area (Å²) in [6.07, 6.45) is 1.53. The molecule has 142 valence electrons. The maximum absolute atomic E-state index is 13.2. The predicted molar refractivity (Wildman–Crippen MR) is 99.5 cm³/mol. The number of nitrogens with zero attached hydrogens (tertiary/aromatic N) is 1. The second-order valence-corrected chi connectivity index (χ2v) is 6.74. The molecule has 1 heterocycles. The average Bonchev–Trinajstić information content (AvgIpc) is 3.14. The number of aliphatic hydroxyl groups excluding tert-OH is 1. The van der Waals surface area contributed by atoms with Gasteiger partial charge in [-0.05, 0) is 43.0 Å². The first kappa shape index (κ1) is 19.0. The highest BCUT2D eigenvalue weighted by Gasteiger charge is 2.30. The molecule has 3 rings (SSSR count). The van der Waals surface area contributed by atoms with E-state index in [9.17, 15) is 19.1 Å². The quantitative estimate of drug-likeness (QED) is 0.821. The molecular weight excluding hydrogens is 347 g/mol. The fraction of sp³-hybridized carbons (Fsp3) is 0.333. The highest BCUT2D eigenvalue weighted by Crippen LogP contribution is 2.27. The van der Waals surface area contributed by atoms with Gasteiger partial charge in [-0.1, -0.05) is 36.4 Å². The molecular formula is C21H23FN2O3. The second kappa shape index (κ2) is 8.77. The Morgan fingerprint density at radius 2 is 1.96 bits per heavy atom. The lowest BCUT2D eigenvalue weighted by molar-refractivity contribution is -0.131. The van der Waals surface area contributed by atoms with Gasteiger partial charge in [0.25, 0.3) is 5.91 Å². The van der Waals surface area contributed by atoms with Gasteiger partial charge in [-0.25, -0.2) is 4.39 Å². The number of carbonyl (C=O) groups excluding carboxylic acids is 2. The van der Waals surface area contributed by atoms with Gasteiger partial charge in [-0.15, -0.1) is 0 Å². The van der Waals surface area contributed by atoms with Crippen molar-refractivity contribution in [2.45, 2.75) is 31.4 Å². The van der Waals surface area contributed by atoms with Crippen molar-refractivity contribution in [1.29, 1.82) is 0 Å². The monoisotopic (exact) mass is 370 g/mol. The van der Waals surface area contributed by atoms with Crippen molar-refractivity contribution in [3.05, 3.63) is 71.5 Å². The Kier molecular flexibility index (Phi) is 6.19. The Hall–Kier alpha value is -2.73. The zero-order valence-electron chi connectivity index (χ0n) is 15.0. The van der Waals surface area contributed by atoms with Crippen molar-refractivity contribution in [3.8, 4) is 0 Å². The van der Waals surface area contributed by atoms with Crippen LogP contribution in [0.15, 0.2) is 54.6 Å². The summed E-state index contributed by atoms with van der Waals surface area (Å²) in [7, 11) is 0. The average molecular weight is 370 g/mol. The molecule has 0 aliphatic carbocycles. The maximum atomic E-state index is 13.2. The first-order chi connectivity index (χ1) is 13.0. The molecule has 6 heteroatoms. The summed E-state index contributed by atoms with van der Waals surface area (Å²) in [5.74, 6) is -1.17. The summed E-state index contributed by atoms with van der Waals surface area (Å²) in [6.45, 7) is 0.466. The van der Waals surface area contributed by atoms with Crippen LogP contribution < -0.4 is 5.32 Å². The number of aliphatic hydroxyl groups is 1. The molecule has 2 N–H and O–H groups in total. The summed E-state index contributed by atoms with van der Waals surface area (Å²) < 4.78 is 13.2. The summed E-state index contributed by atoms with van der Waals surface area (Å²) in [5, 5.41) is 13.0. The van der Waals surface area contributed by atoms with Crippen LogP contribution in [0.4, 0.5) is 4.39 Å². The van der Waals surface area contributed by atoms with Crippen LogP contribution in [0.1, 0.15) is 41.3 Å². The fourth-order valence-electron chi connectivity index (χ4n) is 3.47. The lowest BCUT2D eigenvalue weighted by Crippen LogP contribution is -2.43. The molecule has 0 spiro atoms. The van der Waals surface area contributed by atoms with Crippen molar-refractivity contribution in [3.63, 3.8) is 0 Å². The van der Waals surface area contributed by atoms with E-state index < -0.39 is 17.8 Å². The van der Waals surface area contributed by atoms with Gasteiger partial charge in [0.2, 0.25) is 5.91 Å². The molecule has 2 atom stereocenters. The number of hydrogen-bond donors (Lipinski definition) is 2. The van der Waals surface area contributed by atoms with Gasteiger partial charge in [0.15, 0.2) is 0 Å². The topological polar surface area (TPSA) is 69.6 Å². The zero-order chi connectivity index (χ0) is 19.2. The van der Waals surface area contributed by atoms with E-state index in [2.05, 4.69) is 5.32 Å². The normalized spacial score (nSPS) is 17.6. The lowest BCUT2D eigenvalue weighted by Gasteiger charge is -2.27. The molecule has 0 aromatic heterocycles. The number of carbonyl (C=O) groups is 2. The molecule has 2 unspecified atom stereocenters. The van der Waals surface area contributed by atoms with Crippen molar-refractivity contribution < 1.29 is 19.1 Å². The third kappa shape index (κ3) is 4.92. The SMILES string of the molecule is O=C(NCC(=O)N1CCCC1CC(O)c1ccccc1)c1cccc(F)c1. The van der Waals surface area contributed by atoms with Crippen LogP contribution >= 0.6 is 0 Å². The largest absolute Gasteiger partial charge is 0.388 e. The molecule has 2 amide bonds. The van der Waals surface area contributed by atoms with Gasteiger partial charge < -0.3 is 15.3 Å². The van der Waals surface area contributed by atoms with Crippen molar-refractivity contribution in [2.75, 3.05) is 13.1 Å². The molecule has 0 radical (unpaired) electrons. The first-order valence-electron chi connectivity index (χ1n) is 9.11. The Bertz CT molecular complexity index is 797. The third-order valence-electron chi connectivity index (χ3n) is 4.86. The standard InChI is InChI=1S/C21H23FN2O3/c22-17-9-4-8-16(12-17)21(27)23-14-20(26)24-11-5-10-18(24)13-19(25)15-6-2-1-3-7-15/h1-4,6-9,12,18-19,25H,5,10-11,13-14H2,(H,23,27). The van der Waals surface area contributed by atoms with Crippen LogP contribution in [0.5, 0.6) is 0 Å². The van der Waals surface area contributed by atoms with Crippen molar-refractivity contribution in [2.24, 2.45) is 0 Å². The van der Waals surface area contributed by atoms with Crippen LogP contribution in [0.2, 0.25) is 0 Å². The molecule has 0 bridgehead atoms. The van der Waals surface area contributed by atoms with E-state index in [0.29, 0.717) is 13.0 Å². The number of halogens is 1. The lowest BCUT2D eigenvalue weighted by atomic mass is 10.0. The Balaban J connectivity index is 1.55. The van der Waals surface area contributed by atoms with Gasteiger partial charge in [0, 0.05) is 18.2 Å². The number of hydrogen-bond acceptors (Lipinski definition) is 3. The Morgan fingerprint density at radius 1 is 1.19 bits per heavy atom. The molecule has 1 fully saturated rings. The summed E-state index contributed by atoms with van der Waals surface area (Å²) in [5.41, 5.74) is 1.01.